The molecule has 1 aromatic heterocycles. The topological polar surface area (TPSA) is 45.2 Å². The van der Waals surface area contributed by atoms with Crippen molar-refractivity contribution in [2.24, 2.45) is 0 Å². The molecule has 4 rings (SSSR count). The molecule has 1 aliphatic rings. The van der Waals surface area contributed by atoms with Crippen LogP contribution < -0.4 is 5.32 Å². The lowest BCUT2D eigenvalue weighted by molar-refractivity contribution is -0.122. The molecular formula is C23H27N3OS. The number of aryl methyl sites for hydroxylation is 1. The highest BCUT2D eigenvalue weighted by Crippen LogP contribution is 2.32. The van der Waals surface area contributed by atoms with Crippen molar-refractivity contribution in [3.63, 3.8) is 0 Å². The minimum Gasteiger partial charge on any atom is -0.355 e. The van der Waals surface area contributed by atoms with Crippen LogP contribution in [0.2, 0.25) is 0 Å². The van der Waals surface area contributed by atoms with Crippen LogP contribution in [-0.4, -0.2) is 42.0 Å². The van der Waals surface area contributed by atoms with Crippen LogP contribution in [0.1, 0.15) is 35.8 Å². The number of carbonyl (C=O) groups excluding carboxylic acids is 1. The number of nitrogens with zero attached hydrogens (tertiary/aromatic N) is 2. The fourth-order valence-corrected chi connectivity index (χ4v) is 4.98. The fourth-order valence-electron chi connectivity index (χ4n) is 3.89. The standard InChI is InChI=1S/C23H27N3OS/c27-22(24-14-6-10-18-8-2-1-3-9-18)17-26-15-7-11-19(16-26)23-25-20-12-4-5-13-21(20)28-23/h1-5,8-9,12-13,19H,6-7,10-11,14-17H2,(H,24,27)/t19-/m0/s1. The van der Waals surface area contributed by atoms with Crippen molar-refractivity contribution in [2.45, 2.75) is 31.6 Å². The lowest BCUT2D eigenvalue weighted by atomic mass is 9.99. The van der Waals surface area contributed by atoms with Gasteiger partial charge in [0.1, 0.15) is 0 Å². The van der Waals surface area contributed by atoms with E-state index in [-0.39, 0.29) is 5.91 Å². The number of hydrogen-bond acceptors (Lipinski definition) is 4. The van der Waals surface area contributed by atoms with E-state index in [0.29, 0.717) is 12.5 Å². The molecule has 1 aliphatic heterocycles. The van der Waals surface area contributed by atoms with Gasteiger partial charge in [-0.1, -0.05) is 42.5 Å². The summed E-state index contributed by atoms with van der Waals surface area (Å²) < 4.78 is 1.26. The maximum Gasteiger partial charge on any atom is 0.234 e. The average molecular weight is 394 g/mol. The summed E-state index contributed by atoms with van der Waals surface area (Å²) in [6.45, 7) is 3.16. The molecule has 1 fully saturated rings. The van der Waals surface area contributed by atoms with E-state index in [0.717, 1.165) is 50.8 Å². The Morgan fingerprint density at radius 1 is 1.14 bits per heavy atom. The highest BCUT2D eigenvalue weighted by Gasteiger charge is 2.25. The molecule has 0 unspecified atom stereocenters. The van der Waals surface area contributed by atoms with Crippen molar-refractivity contribution in [3.05, 3.63) is 65.2 Å². The van der Waals surface area contributed by atoms with Crippen LogP contribution in [0.15, 0.2) is 54.6 Å². The predicted molar refractivity (Wildman–Crippen MR) is 116 cm³/mol. The summed E-state index contributed by atoms with van der Waals surface area (Å²) >= 11 is 1.80. The Labute approximate surface area is 170 Å². The lowest BCUT2D eigenvalue weighted by Crippen LogP contribution is -2.42. The van der Waals surface area contributed by atoms with E-state index in [1.54, 1.807) is 11.3 Å². The molecule has 0 aliphatic carbocycles. The Kier molecular flexibility index (Phi) is 6.34. The molecule has 4 nitrogen and oxygen atoms in total. The molecule has 0 saturated carbocycles. The maximum absolute atomic E-state index is 12.3. The van der Waals surface area contributed by atoms with Gasteiger partial charge in [0.05, 0.1) is 21.8 Å². The summed E-state index contributed by atoms with van der Waals surface area (Å²) in [6.07, 6.45) is 4.27. The number of piperidine rings is 1. The number of aromatic nitrogens is 1. The fraction of sp³-hybridized carbons (Fsp3) is 0.391. The van der Waals surface area contributed by atoms with Crippen molar-refractivity contribution in [1.82, 2.24) is 15.2 Å². The number of hydrogen-bond donors (Lipinski definition) is 1. The molecular weight excluding hydrogens is 366 g/mol. The number of thiazole rings is 1. The monoisotopic (exact) mass is 393 g/mol. The molecule has 1 N–H and O–H groups in total. The van der Waals surface area contributed by atoms with Crippen LogP contribution in [0.5, 0.6) is 0 Å². The van der Waals surface area contributed by atoms with E-state index in [1.807, 2.05) is 12.1 Å². The van der Waals surface area contributed by atoms with Gasteiger partial charge in [-0.3, -0.25) is 9.69 Å². The predicted octanol–water partition coefficient (Wildman–Crippen LogP) is 4.22. The summed E-state index contributed by atoms with van der Waals surface area (Å²) in [5.74, 6) is 0.579. The number of rotatable bonds is 7. The van der Waals surface area contributed by atoms with Gasteiger partial charge in [-0.2, -0.15) is 0 Å². The molecule has 0 spiro atoms. The molecule has 0 radical (unpaired) electrons. The minimum atomic E-state index is 0.137. The average Bonchev–Trinajstić information content (AvgIpc) is 3.17. The molecule has 0 bridgehead atoms. The van der Waals surface area contributed by atoms with Crippen LogP contribution in [0.3, 0.4) is 0 Å². The first kappa shape index (κ1) is 19.1. The summed E-state index contributed by atoms with van der Waals surface area (Å²) in [5, 5.41) is 4.30. The smallest absolute Gasteiger partial charge is 0.234 e. The van der Waals surface area contributed by atoms with Crippen molar-refractivity contribution in [3.8, 4) is 0 Å². The van der Waals surface area contributed by atoms with E-state index in [4.69, 9.17) is 4.98 Å². The van der Waals surface area contributed by atoms with Gasteiger partial charge in [-0.25, -0.2) is 4.98 Å². The molecule has 28 heavy (non-hydrogen) atoms. The lowest BCUT2D eigenvalue weighted by Gasteiger charge is -2.31. The van der Waals surface area contributed by atoms with Crippen molar-refractivity contribution in [2.75, 3.05) is 26.2 Å². The van der Waals surface area contributed by atoms with Gasteiger partial charge in [0.25, 0.3) is 0 Å². The molecule has 2 aromatic carbocycles. The Balaban J connectivity index is 1.23. The van der Waals surface area contributed by atoms with Gasteiger partial charge in [0.15, 0.2) is 0 Å². The van der Waals surface area contributed by atoms with E-state index < -0.39 is 0 Å². The van der Waals surface area contributed by atoms with Crippen LogP contribution >= 0.6 is 11.3 Å². The summed E-state index contributed by atoms with van der Waals surface area (Å²) in [4.78, 5) is 19.5. The number of amides is 1. The van der Waals surface area contributed by atoms with E-state index >= 15 is 0 Å². The molecule has 146 valence electrons. The Morgan fingerprint density at radius 3 is 2.82 bits per heavy atom. The Hall–Kier alpha value is -2.24. The second kappa shape index (κ2) is 9.30. The molecule has 1 saturated heterocycles. The second-order valence-electron chi connectivity index (χ2n) is 7.53. The van der Waals surface area contributed by atoms with Gasteiger partial charge < -0.3 is 5.32 Å². The number of nitrogens with one attached hydrogen (secondary N) is 1. The van der Waals surface area contributed by atoms with Crippen molar-refractivity contribution < 1.29 is 4.79 Å². The molecule has 1 atom stereocenters. The van der Waals surface area contributed by atoms with E-state index in [9.17, 15) is 4.79 Å². The molecule has 1 amide bonds. The first-order valence-corrected chi connectivity index (χ1v) is 11.0. The zero-order valence-corrected chi connectivity index (χ0v) is 17.0. The van der Waals surface area contributed by atoms with Gasteiger partial charge >= 0.3 is 0 Å². The van der Waals surface area contributed by atoms with Gasteiger partial charge in [-0.05, 0) is 49.9 Å². The first-order chi connectivity index (χ1) is 13.8. The number of carbonyl (C=O) groups is 1. The molecule has 3 aromatic rings. The number of fused-ring (bicyclic) bond motifs is 1. The third-order valence-corrected chi connectivity index (χ3v) is 6.54. The molecule has 2 heterocycles. The van der Waals surface area contributed by atoms with Crippen molar-refractivity contribution >= 4 is 27.5 Å². The van der Waals surface area contributed by atoms with Crippen LogP contribution in [0, 0.1) is 0 Å². The largest absolute Gasteiger partial charge is 0.355 e. The summed E-state index contributed by atoms with van der Waals surface area (Å²) in [5.41, 5.74) is 2.42. The minimum absolute atomic E-state index is 0.137. The second-order valence-corrected chi connectivity index (χ2v) is 8.60. The third-order valence-electron chi connectivity index (χ3n) is 5.34. The van der Waals surface area contributed by atoms with E-state index in [1.165, 1.54) is 15.3 Å². The number of benzene rings is 2. The Bertz CT molecular complexity index is 875. The zero-order valence-electron chi connectivity index (χ0n) is 16.1. The van der Waals surface area contributed by atoms with E-state index in [2.05, 4.69) is 52.7 Å². The SMILES string of the molecule is O=C(CN1CCC[C@H](c2nc3ccccc3s2)C1)NCCCc1ccccc1. The normalized spacial score (nSPS) is 17.6. The molecule has 5 heteroatoms. The number of likely N-dealkylation sites (tertiary alicyclic amines) is 1. The quantitative estimate of drug-likeness (QED) is 0.611. The summed E-state index contributed by atoms with van der Waals surface area (Å²) in [7, 11) is 0. The summed E-state index contributed by atoms with van der Waals surface area (Å²) in [6, 6.07) is 18.8. The zero-order chi connectivity index (χ0) is 19.2. The van der Waals surface area contributed by atoms with Crippen LogP contribution in [-0.2, 0) is 11.2 Å². The van der Waals surface area contributed by atoms with Gasteiger partial charge in [-0.15, -0.1) is 11.3 Å². The van der Waals surface area contributed by atoms with Crippen LogP contribution in [0.25, 0.3) is 10.2 Å². The van der Waals surface area contributed by atoms with Gasteiger partial charge in [0, 0.05) is 19.0 Å². The highest BCUT2D eigenvalue weighted by atomic mass is 32.1. The van der Waals surface area contributed by atoms with Crippen molar-refractivity contribution in [1.29, 1.82) is 0 Å². The van der Waals surface area contributed by atoms with Gasteiger partial charge in [0.2, 0.25) is 5.91 Å². The first-order valence-electron chi connectivity index (χ1n) is 10.2. The maximum atomic E-state index is 12.3. The highest BCUT2D eigenvalue weighted by molar-refractivity contribution is 7.18. The third kappa shape index (κ3) is 4.97. The van der Waals surface area contributed by atoms with Crippen LogP contribution in [0.4, 0.5) is 0 Å². The Morgan fingerprint density at radius 2 is 1.96 bits per heavy atom. The number of para-hydroxylation sites is 1.